The molecule has 0 aromatic heterocycles. The highest BCUT2D eigenvalue weighted by atomic mass is 19.1. The van der Waals surface area contributed by atoms with Crippen molar-refractivity contribution in [3.05, 3.63) is 34.6 Å². The number of ether oxygens (including phenoxy) is 1. The van der Waals surface area contributed by atoms with Crippen molar-refractivity contribution >= 4 is 0 Å². The Bertz CT molecular complexity index is 302. The van der Waals surface area contributed by atoms with E-state index < -0.39 is 0 Å². The van der Waals surface area contributed by atoms with Crippen molar-refractivity contribution in [2.24, 2.45) is 5.73 Å². The first-order chi connectivity index (χ1) is 6.56. The lowest BCUT2D eigenvalue weighted by molar-refractivity contribution is 0.181. The summed E-state index contributed by atoms with van der Waals surface area (Å²) in [4.78, 5) is 0. The number of rotatable bonds is 3. The second kappa shape index (κ2) is 4.53. The van der Waals surface area contributed by atoms with E-state index >= 15 is 0 Å². The highest BCUT2D eigenvalue weighted by Crippen LogP contribution is 2.18. The minimum Gasteiger partial charge on any atom is -0.383 e. The van der Waals surface area contributed by atoms with Gasteiger partial charge in [0.2, 0.25) is 0 Å². The van der Waals surface area contributed by atoms with Gasteiger partial charge in [0.1, 0.15) is 5.82 Å². The Kier molecular flexibility index (Phi) is 3.61. The van der Waals surface area contributed by atoms with Gasteiger partial charge in [0.15, 0.2) is 0 Å². The van der Waals surface area contributed by atoms with Gasteiger partial charge in [0.05, 0.1) is 12.6 Å². The number of hydrogen-bond donors (Lipinski definition) is 1. The zero-order chi connectivity index (χ0) is 10.7. The Morgan fingerprint density at radius 1 is 1.36 bits per heavy atom. The summed E-state index contributed by atoms with van der Waals surface area (Å²) in [6, 6.07) is 3.36. The molecule has 0 saturated heterocycles. The number of methoxy groups -OCH3 is 1. The first-order valence-corrected chi connectivity index (χ1v) is 4.57. The van der Waals surface area contributed by atoms with Crippen LogP contribution in [0.15, 0.2) is 12.1 Å². The van der Waals surface area contributed by atoms with Gasteiger partial charge in [-0.15, -0.1) is 0 Å². The fourth-order valence-corrected chi connectivity index (χ4v) is 1.47. The summed E-state index contributed by atoms with van der Waals surface area (Å²) in [6.07, 6.45) is 0. The molecule has 1 atom stereocenters. The van der Waals surface area contributed by atoms with Crippen molar-refractivity contribution in [3.63, 3.8) is 0 Å². The van der Waals surface area contributed by atoms with Crippen LogP contribution < -0.4 is 5.73 Å². The van der Waals surface area contributed by atoms with Gasteiger partial charge in [0.25, 0.3) is 0 Å². The van der Waals surface area contributed by atoms with Crippen LogP contribution in [-0.2, 0) is 4.74 Å². The second-order valence-electron chi connectivity index (χ2n) is 3.53. The molecule has 0 fully saturated rings. The second-order valence-corrected chi connectivity index (χ2v) is 3.53. The molecular weight excluding hydrogens is 181 g/mol. The first-order valence-electron chi connectivity index (χ1n) is 4.57. The van der Waals surface area contributed by atoms with Gasteiger partial charge in [-0.1, -0.05) is 12.1 Å². The van der Waals surface area contributed by atoms with Gasteiger partial charge in [-0.25, -0.2) is 4.39 Å². The molecule has 1 aromatic carbocycles. The van der Waals surface area contributed by atoms with Crippen LogP contribution in [0, 0.1) is 19.7 Å². The van der Waals surface area contributed by atoms with Gasteiger partial charge in [-0.2, -0.15) is 0 Å². The molecule has 0 bridgehead atoms. The molecule has 78 valence electrons. The van der Waals surface area contributed by atoms with E-state index in [2.05, 4.69) is 0 Å². The zero-order valence-corrected chi connectivity index (χ0v) is 8.80. The molecule has 2 N–H and O–H groups in total. The number of aryl methyl sites for hydroxylation is 2. The van der Waals surface area contributed by atoms with E-state index in [0.29, 0.717) is 17.7 Å². The first kappa shape index (κ1) is 11.1. The largest absolute Gasteiger partial charge is 0.383 e. The van der Waals surface area contributed by atoms with Crippen molar-refractivity contribution in [2.75, 3.05) is 13.7 Å². The highest BCUT2D eigenvalue weighted by molar-refractivity contribution is 5.32. The Morgan fingerprint density at radius 2 is 1.86 bits per heavy atom. The molecule has 0 heterocycles. The molecule has 0 saturated carbocycles. The van der Waals surface area contributed by atoms with E-state index in [-0.39, 0.29) is 11.9 Å². The molecule has 0 aliphatic heterocycles. The molecule has 0 amide bonds. The molecule has 1 aromatic rings. The van der Waals surface area contributed by atoms with E-state index in [9.17, 15) is 4.39 Å². The lowest BCUT2D eigenvalue weighted by atomic mass is 10.0. The maximum absolute atomic E-state index is 13.3. The fourth-order valence-electron chi connectivity index (χ4n) is 1.47. The van der Waals surface area contributed by atoms with Crippen LogP contribution in [0.25, 0.3) is 0 Å². The molecule has 0 spiro atoms. The molecule has 0 unspecified atom stereocenters. The van der Waals surface area contributed by atoms with Crippen LogP contribution in [0.3, 0.4) is 0 Å². The van der Waals surface area contributed by atoms with E-state index in [0.717, 1.165) is 5.56 Å². The smallest absolute Gasteiger partial charge is 0.129 e. The maximum atomic E-state index is 13.3. The van der Waals surface area contributed by atoms with Crippen molar-refractivity contribution in [3.8, 4) is 0 Å². The summed E-state index contributed by atoms with van der Waals surface area (Å²) in [5.74, 6) is -0.154. The molecule has 0 aliphatic carbocycles. The highest BCUT2D eigenvalue weighted by Gasteiger charge is 2.09. The number of nitrogens with two attached hydrogens (primary N) is 1. The van der Waals surface area contributed by atoms with E-state index in [1.165, 1.54) is 0 Å². The summed E-state index contributed by atoms with van der Waals surface area (Å²) in [6.45, 7) is 3.93. The van der Waals surface area contributed by atoms with Gasteiger partial charge < -0.3 is 10.5 Å². The lowest BCUT2D eigenvalue weighted by Crippen LogP contribution is -2.16. The third-order valence-electron chi connectivity index (χ3n) is 2.23. The third-order valence-corrected chi connectivity index (χ3v) is 2.23. The molecule has 14 heavy (non-hydrogen) atoms. The third kappa shape index (κ3) is 2.30. The summed E-state index contributed by atoms with van der Waals surface area (Å²) in [5, 5.41) is 0. The lowest BCUT2D eigenvalue weighted by Gasteiger charge is -2.13. The van der Waals surface area contributed by atoms with E-state index in [1.54, 1.807) is 33.1 Å². The molecule has 1 rings (SSSR count). The van der Waals surface area contributed by atoms with Crippen LogP contribution in [0.1, 0.15) is 22.7 Å². The number of hydrogen-bond acceptors (Lipinski definition) is 2. The quantitative estimate of drug-likeness (QED) is 0.805. The van der Waals surface area contributed by atoms with E-state index in [4.69, 9.17) is 10.5 Å². The minimum absolute atomic E-state index is 0.154. The monoisotopic (exact) mass is 197 g/mol. The van der Waals surface area contributed by atoms with Crippen molar-refractivity contribution in [2.45, 2.75) is 19.9 Å². The zero-order valence-electron chi connectivity index (χ0n) is 8.80. The van der Waals surface area contributed by atoms with Gasteiger partial charge >= 0.3 is 0 Å². The van der Waals surface area contributed by atoms with Crippen LogP contribution in [0.4, 0.5) is 4.39 Å². The maximum Gasteiger partial charge on any atom is 0.129 e. The van der Waals surface area contributed by atoms with Crippen molar-refractivity contribution < 1.29 is 9.13 Å². The standard InChI is InChI=1S/C11H16FNO/c1-7-4-9(10(13)6-14-3)5-8(2)11(7)12/h4-5,10H,6,13H2,1-3H3/t10-/m1/s1. The fraction of sp³-hybridized carbons (Fsp3) is 0.455. The van der Waals surface area contributed by atoms with Gasteiger partial charge in [-0.3, -0.25) is 0 Å². The average Bonchev–Trinajstić information content (AvgIpc) is 2.13. The molecule has 0 radical (unpaired) electrons. The van der Waals surface area contributed by atoms with Gasteiger partial charge in [-0.05, 0) is 30.5 Å². The Morgan fingerprint density at radius 3 is 2.29 bits per heavy atom. The van der Waals surface area contributed by atoms with Crippen molar-refractivity contribution in [1.82, 2.24) is 0 Å². The predicted octanol–water partition coefficient (Wildman–Crippen LogP) is 2.09. The normalized spacial score (nSPS) is 12.9. The predicted molar refractivity (Wildman–Crippen MR) is 54.7 cm³/mol. The summed E-state index contributed by atoms with van der Waals surface area (Å²) < 4.78 is 18.2. The molecule has 2 nitrogen and oxygen atoms in total. The van der Waals surface area contributed by atoms with Crippen LogP contribution in [0.2, 0.25) is 0 Å². The molecule has 3 heteroatoms. The van der Waals surface area contributed by atoms with Crippen LogP contribution >= 0.6 is 0 Å². The molecule has 0 aliphatic rings. The Labute approximate surface area is 83.9 Å². The molecular formula is C11H16FNO. The van der Waals surface area contributed by atoms with E-state index in [1.807, 2.05) is 0 Å². The summed E-state index contributed by atoms with van der Waals surface area (Å²) in [7, 11) is 1.60. The SMILES string of the molecule is COC[C@@H](N)c1cc(C)c(F)c(C)c1. The van der Waals surface area contributed by atoms with Crippen LogP contribution in [-0.4, -0.2) is 13.7 Å². The Hall–Kier alpha value is -0.930. The number of halogens is 1. The van der Waals surface area contributed by atoms with Crippen molar-refractivity contribution in [1.29, 1.82) is 0 Å². The summed E-state index contributed by atoms with van der Waals surface area (Å²) in [5.41, 5.74) is 8.03. The van der Waals surface area contributed by atoms with Crippen LogP contribution in [0.5, 0.6) is 0 Å². The van der Waals surface area contributed by atoms with Gasteiger partial charge in [0, 0.05) is 7.11 Å². The topological polar surface area (TPSA) is 35.2 Å². The Balaban J connectivity index is 3.00. The number of benzene rings is 1. The summed E-state index contributed by atoms with van der Waals surface area (Å²) >= 11 is 0. The minimum atomic E-state index is -0.182. The average molecular weight is 197 g/mol.